The molecule has 2 heterocycles. The van der Waals surface area contributed by atoms with Crippen LogP contribution in [-0.2, 0) is 0 Å². The molecule has 2 aromatic heterocycles. The number of hydrogen-bond donors (Lipinski definition) is 0. The minimum absolute atomic E-state index is 0.0852. The lowest BCUT2D eigenvalue weighted by molar-refractivity contribution is -0.384. The largest absolute Gasteiger partial charge is 0.329 e. The Balaban J connectivity index is 1.83. The van der Waals surface area contributed by atoms with Crippen LogP contribution in [0.5, 0.6) is 0 Å². The second-order valence-electron chi connectivity index (χ2n) is 4.96. The predicted octanol–water partition coefficient (Wildman–Crippen LogP) is 3.46. The maximum Gasteiger partial charge on any atom is 0.269 e. The molecule has 22 heavy (non-hydrogen) atoms. The van der Waals surface area contributed by atoms with Crippen LogP contribution >= 0.6 is 0 Å². The average Bonchev–Trinajstić information content (AvgIpc) is 3.09. The quantitative estimate of drug-likeness (QED) is 0.545. The van der Waals surface area contributed by atoms with E-state index >= 15 is 0 Å². The van der Waals surface area contributed by atoms with Crippen LogP contribution in [-0.4, -0.2) is 19.5 Å². The highest BCUT2D eigenvalue weighted by Crippen LogP contribution is 2.23. The van der Waals surface area contributed by atoms with Gasteiger partial charge in [0.25, 0.3) is 5.69 Å². The van der Waals surface area contributed by atoms with E-state index in [1.807, 2.05) is 22.9 Å². The minimum atomic E-state index is -0.405. The zero-order chi connectivity index (χ0) is 15.5. The fourth-order valence-electron chi connectivity index (χ4n) is 2.25. The number of benzene rings is 1. The maximum atomic E-state index is 10.7. The molecule has 6 heteroatoms. The summed E-state index contributed by atoms with van der Waals surface area (Å²) in [6, 6.07) is 10.5. The summed E-state index contributed by atoms with van der Waals surface area (Å²) in [4.78, 5) is 18.8. The van der Waals surface area contributed by atoms with Gasteiger partial charge in [0.2, 0.25) is 0 Å². The standard InChI is InChI=1S/C16H14N4O2/c1-12(19-9-8-17-11-19)16-7-4-14(10-18-16)13-2-5-15(6-3-13)20(21)22/h2-12H,1H3. The number of rotatable bonds is 4. The Morgan fingerprint density at radius 2 is 1.86 bits per heavy atom. The molecule has 1 aromatic carbocycles. The fraction of sp³-hybridized carbons (Fsp3) is 0.125. The predicted molar refractivity (Wildman–Crippen MR) is 82.4 cm³/mol. The first-order valence-electron chi connectivity index (χ1n) is 6.83. The van der Waals surface area contributed by atoms with E-state index in [0.717, 1.165) is 16.8 Å². The van der Waals surface area contributed by atoms with Crippen molar-refractivity contribution in [1.29, 1.82) is 0 Å². The molecule has 0 fully saturated rings. The summed E-state index contributed by atoms with van der Waals surface area (Å²) in [5.74, 6) is 0. The van der Waals surface area contributed by atoms with Crippen molar-refractivity contribution in [1.82, 2.24) is 14.5 Å². The fourth-order valence-corrected chi connectivity index (χ4v) is 2.25. The first-order chi connectivity index (χ1) is 10.6. The zero-order valence-electron chi connectivity index (χ0n) is 12.0. The highest BCUT2D eigenvalue weighted by molar-refractivity contribution is 5.63. The van der Waals surface area contributed by atoms with Crippen molar-refractivity contribution in [3.8, 4) is 11.1 Å². The van der Waals surface area contributed by atoms with Gasteiger partial charge in [0.05, 0.1) is 23.0 Å². The van der Waals surface area contributed by atoms with Crippen molar-refractivity contribution in [2.24, 2.45) is 0 Å². The molecule has 0 bridgehead atoms. The van der Waals surface area contributed by atoms with E-state index in [-0.39, 0.29) is 11.7 Å². The van der Waals surface area contributed by atoms with Crippen LogP contribution in [0.2, 0.25) is 0 Å². The molecule has 6 nitrogen and oxygen atoms in total. The Hall–Kier alpha value is -3.02. The third-order valence-corrected chi connectivity index (χ3v) is 3.60. The molecule has 1 unspecified atom stereocenters. The van der Waals surface area contributed by atoms with Crippen molar-refractivity contribution in [3.63, 3.8) is 0 Å². The van der Waals surface area contributed by atoms with Gasteiger partial charge >= 0.3 is 0 Å². The SMILES string of the molecule is CC(c1ccc(-c2ccc([N+](=O)[O-])cc2)cn1)n1ccnc1. The van der Waals surface area contributed by atoms with E-state index < -0.39 is 4.92 Å². The molecule has 0 amide bonds. The number of aromatic nitrogens is 3. The summed E-state index contributed by atoms with van der Waals surface area (Å²) in [5.41, 5.74) is 2.85. The van der Waals surface area contributed by atoms with Crippen LogP contribution in [0.15, 0.2) is 61.3 Å². The van der Waals surface area contributed by atoms with Gasteiger partial charge in [-0.25, -0.2) is 4.98 Å². The third kappa shape index (κ3) is 2.71. The maximum absolute atomic E-state index is 10.7. The van der Waals surface area contributed by atoms with Crippen LogP contribution in [0.1, 0.15) is 18.7 Å². The highest BCUT2D eigenvalue weighted by Gasteiger charge is 2.09. The van der Waals surface area contributed by atoms with Gasteiger partial charge in [-0.3, -0.25) is 15.1 Å². The summed E-state index contributed by atoms with van der Waals surface area (Å²) in [6.45, 7) is 2.05. The Labute approximate surface area is 127 Å². The summed E-state index contributed by atoms with van der Waals surface area (Å²) in [5, 5.41) is 10.7. The molecule has 0 saturated heterocycles. The number of non-ortho nitro benzene ring substituents is 1. The highest BCUT2D eigenvalue weighted by atomic mass is 16.6. The van der Waals surface area contributed by atoms with Gasteiger partial charge in [0.1, 0.15) is 0 Å². The summed E-state index contributed by atoms with van der Waals surface area (Å²) >= 11 is 0. The van der Waals surface area contributed by atoms with Gasteiger partial charge in [-0.15, -0.1) is 0 Å². The Kier molecular flexibility index (Phi) is 3.65. The summed E-state index contributed by atoms with van der Waals surface area (Å²) in [7, 11) is 0. The molecule has 110 valence electrons. The second-order valence-corrected chi connectivity index (χ2v) is 4.96. The van der Waals surface area contributed by atoms with Crippen molar-refractivity contribution < 1.29 is 4.92 Å². The topological polar surface area (TPSA) is 73.8 Å². The van der Waals surface area contributed by atoms with Crippen molar-refractivity contribution in [3.05, 3.63) is 77.1 Å². The molecular weight excluding hydrogens is 280 g/mol. The third-order valence-electron chi connectivity index (χ3n) is 3.60. The van der Waals surface area contributed by atoms with Gasteiger partial charge < -0.3 is 4.57 Å². The first kappa shape index (κ1) is 13.9. The van der Waals surface area contributed by atoms with E-state index in [1.54, 1.807) is 30.9 Å². The molecular formula is C16H14N4O2. The van der Waals surface area contributed by atoms with Gasteiger partial charge in [0.15, 0.2) is 0 Å². The number of hydrogen-bond acceptors (Lipinski definition) is 4. The van der Waals surface area contributed by atoms with E-state index in [4.69, 9.17) is 0 Å². The first-order valence-corrected chi connectivity index (χ1v) is 6.83. The van der Waals surface area contributed by atoms with Crippen molar-refractivity contribution in [2.75, 3.05) is 0 Å². The number of nitro benzene ring substituents is 1. The van der Waals surface area contributed by atoms with Crippen LogP contribution in [0.4, 0.5) is 5.69 Å². The Bertz CT molecular complexity index is 765. The zero-order valence-corrected chi connectivity index (χ0v) is 12.0. The lowest BCUT2D eigenvalue weighted by Crippen LogP contribution is -2.06. The molecule has 0 aliphatic heterocycles. The molecule has 0 spiro atoms. The molecule has 0 radical (unpaired) electrons. The average molecular weight is 294 g/mol. The van der Waals surface area contributed by atoms with E-state index in [9.17, 15) is 10.1 Å². The smallest absolute Gasteiger partial charge is 0.269 e. The lowest BCUT2D eigenvalue weighted by Gasteiger charge is -2.12. The second kappa shape index (κ2) is 5.77. The van der Waals surface area contributed by atoms with Crippen LogP contribution in [0.3, 0.4) is 0 Å². The number of pyridine rings is 1. The number of imidazole rings is 1. The molecule has 3 aromatic rings. The lowest BCUT2D eigenvalue weighted by atomic mass is 10.1. The van der Waals surface area contributed by atoms with Crippen LogP contribution in [0, 0.1) is 10.1 Å². The number of nitro groups is 1. The Morgan fingerprint density at radius 1 is 1.14 bits per heavy atom. The normalized spacial score (nSPS) is 12.0. The monoisotopic (exact) mass is 294 g/mol. The van der Waals surface area contributed by atoms with Crippen LogP contribution < -0.4 is 0 Å². The Morgan fingerprint density at radius 3 is 2.41 bits per heavy atom. The van der Waals surface area contributed by atoms with Gasteiger partial charge in [-0.2, -0.15) is 0 Å². The van der Waals surface area contributed by atoms with Gasteiger partial charge in [0, 0.05) is 36.3 Å². The minimum Gasteiger partial charge on any atom is -0.329 e. The summed E-state index contributed by atoms with van der Waals surface area (Å²) < 4.78 is 1.98. The molecule has 0 aliphatic rings. The van der Waals surface area contributed by atoms with E-state index in [1.165, 1.54) is 12.1 Å². The van der Waals surface area contributed by atoms with Crippen LogP contribution in [0.25, 0.3) is 11.1 Å². The van der Waals surface area contributed by atoms with Gasteiger partial charge in [-0.1, -0.05) is 6.07 Å². The van der Waals surface area contributed by atoms with Crippen molar-refractivity contribution >= 4 is 5.69 Å². The molecule has 0 saturated carbocycles. The van der Waals surface area contributed by atoms with E-state index in [2.05, 4.69) is 16.9 Å². The van der Waals surface area contributed by atoms with Gasteiger partial charge in [-0.05, 0) is 30.7 Å². The summed E-state index contributed by atoms with van der Waals surface area (Å²) in [6.07, 6.45) is 7.18. The number of nitrogens with zero attached hydrogens (tertiary/aromatic N) is 4. The molecule has 3 rings (SSSR count). The van der Waals surface area contributed by atoms with Crippen molar-refractivity contribution in [2.45, 2.75) is 13.0 Å². The molecule has 0 aliphatic carbocycles. The molecule has 0 N–H and O–H groups in total. The molecule has 1 atom stereocenters. The van der Waals surface area contributed by atoms with E-state index in [0.29, 0.717) is 0 Å².